The molecule has 0 aliphatic carbocycles. The van der Waals surface area contributed by atoms with Crippen LogP contribution >= 0.6 is 11.6 Å². The molecule has 1 aromatic carbocycles. The predicted octanol–water partition coefficient (Wildman–Crippen LogP) is 1.63. The minimum atomic E-state index is -0.923. The molecular weight excluding hydrogens is 338 g/mol. The zero-order valence-electron chi connectivity index (χ0n) is 12.8. The van der Waals surface area contributed by atoms with Gasteiger partial charge in [0.2, 0.25) is 6.79 Å². The fourth-order valence-corrected chi connectivity index (χ4v) is 3.99. The van der Waals surface area contributed by atoms with E-state index < -0.39 is 11.4 Å². The van der Waals surface area contributed by atoms with E-state index in [9.17, 15) is 14.7 Å². The Bertz CT molecular complexity index is 723. The van der Waals surface area contributed by atoms with Gasteiger partial charge in [-0.15, -0.1) is 0 Å². The molecule has 2 fully saturated rings. The molecule has 128 valence electrons. The maximum atomic E-state index is 12.8. The number of amides is 1. The summed E-state index contributed by atoms with van der Waals surface area (Å²) in [6.07, 6.45) is 0.415. The first-order chi connectivity index (χ1) is 11.5. The third-order valence-corrected chi connectivity index (χ3v) is 5.37. The second-order valence-corrected chi connectivity index (χ2v) is 6.77. The fraction of sp³-hybridized carbons (Fsp3) is 0.500. The predicted molar refractivity (Wildman–Crippen MR) is 82.5 cm³/mol. The van der Waals surface area contributed by atoms with E-state index in [1.165, 1.54) is 6.07 Å². The van der Waals surface area contributed by atoms with E-state index >= 15 is 0 Å². The number of aliphatic carboxylic acids is 1. The molecule has 0 bridgehead atoms. The first kappa shape index (κ1) is 15.5. The van der Waals surface area contributed by atoms with Crippen LogP contribution in [-0.4, -0.2) is 55.0 Å². The van der Waals surface area contributed by atoms with Gasteiger partial charge in [-0.3, -0.25) is 9.59 Å². The molecule has 1 amide bonds. The molecule has 1 N–H and O–H groups in total. The van der Waals surface area contributed by atoms with Crippen molar-refractivity contribution in [3.8, 4) is 11.5 Å². The molecule has 0 aromatic heterocycles. The Hall–Kier alpha value is -1.99. The van der Waals surface area contributed by atoms with Crippen molar-refractivity contribution in [2.45, 2.75) is 6.42 Å². The molecule has 0 saturated carbocycles. The van der Waals surface area contributed by atoms with Gasteiger partial charge >= 0.3 is 5.97 Å². The van der Waals surface area contributed by atoms with Crippen LogP contribution in [0.4, 0.5) is 0 Å². The molecule has 4 rings (SSSR count). The lowest BCUT2D eigenvalue weighted by atomic mass is 9.74. The van der Waals surface area contributed by atoms with Gasteiger partial charge < -0.3 is 24.2 Å². The van der Waals surface area contributed by atoms with E-state index in [-0.39, 0.29) is 25.2 Å². The fourth-order valence-electron chi connectivity index (χ4n) is 3.73. The minimum Gasteiger partial charge on any atom is -0.481 e. The average molecular weight is 354 g/mol. The van der Waals surface area contributed by atoms with E-state index in [1.54, 1.807) is 11.0 Å². The van der Waals surface area contributed by atoms with Crippen LogP contribution in [-0.2, 0) is 9.53 Å². The van der Waals surface area contributed by atoms with Crippen LogP contribution in [0.25, 0.3) is 0 Å². The molecule has 3 aliphatic heterocycles. The van der Waals surface area contributed by atoms with Crippen molar-refractivity contribution in [3.63, 3.8) is 0 Å². The first-order valence-electron chi connectivity index (χ1n) is 7.71. The topological polar surface area (TPSA) is 85.3 Å². The molecule has 0 unspecified atom stereocenters. The largest absolute Gasteiger partial charge is 0.481 e. The van der Waals surface area contributed by atoms with Crippen molar-refractivity contribution in [1.82, 2.24) is 4.90 Å². The smallest absolute Gasteiger partial charge is 0.311 e. The molecule has 0 radical (unpaired) electrons. The number of likely N-dealkylation sites (tertiary alicyclic amines) is 1. The summed E-state index contributed by atoms with van der Waals surface area (Å²) >= 11 is 6.14. The van der Waals surface area contributed by atoms with Crippen molar-refractivity contribution < 1.29 is 28.9 Å². The molecule has 24 heavy (non-hydrogen) atoms. The lowest BCUT2D eigenvalue weighted by Crippen LogP contribution is -2.45. The zero-order chi connectivity index (χ0) is 16.9. The molecule has 3 aliphatic rings. The number of carbonyl (C=O) groups excluding carboxylic acids is 1. The van der Waals surface area contributed by atoms with E-state index in [0.29, 0.717) is 48.3 Å². The number of ether oxygens (including phenoxy) is 3. The van der Waals surface area contributed by atoms with Crippen molar-refractivity contribution in [2.75, 3.05) is 33.1 Å². The number of nitrogens with zero attached hydrogens (tertiary/aromatic N) is 1. The number of carboxylic acid groups (broad SMARTS) is 1. The lowest BCUT2D eigenvalue weighted by molar-refractivity contribution is -0.157. The van der Waals surface area contributed by atoms with Gasteiger partial charge in [0.25, 0.3) is 5.91 Å². The summed E-state index contributed by atoms with van der Waals surface area (Å²) in [6.45, 7) is 1.37. The molecule has 0 spiro atoms. The van der Waals surface area contributed by atoms with Gasteiger partial charge in [-0.1, -0.05) is 11.6 Å². The summed E-state index contributed by atoms with van der Waals surface area (Å²) in [4.78, 5) is 26.2. The number of hydrogen-bond donors (Lipinski definition) is 1. The van der Waals surface area contributed by atoms with Gasteiger partial charge in [-0.2, -0.15) is 0 Å². The Kier molecular flexibility index (Phi) is 3.58. The van der Waals surface area contributed by atoms with Gasteiger partial charge in [0, 0.05) is 31.2 Å². The Morgan fingerprint density at radius 3 is 2.92 bits per heavy atom. The highest BCUT2D eigenvalue weighted by Gasteiger charge is 2.55. The Balaban J connectivity index is 1.62. The normalized spacial score (nSPS) is 27.9. The second-order valence-electron chi connectivity index (χ2n) is 6.36. The maximum absolute atomic E-state index is 12.8. The van der Waals surface area contributed by atoms with Gasteiger partial charge in [0.15, 0.2) is 11.5 Å². The quantitative estimate of drug-likeness (QED) is 0.869. The minimum absolute atomic E-state index is 0.0674. The first-order valence-corrected chi connectivity index (χ1v) is 8.08. The third-order valence-electron chi connectivity index (χ3n) is 5.09. The van der Waals surface area contributed by atoms with Crippen molar-refractivity contribution in [1.29, 1.82) is 0 Å². The summed E-state index contributed by atoms with van der Waals surface area (Å²) in [5, 5.41) is 10.00. The van der Waals surface area contributed by atoms with Crippen LogP contribution < -0.4 is 9.47 Å². The van der Waals surface area contributed by atoms with Gasteiger partial charge in [-0.25, -0.2) is 0 Å². The highest BCUT2D eigenvalue weighted by atomic mass is 35.5. The van der Waals surface area contributed by atoms with Gasteiger partial charge in [-0.05, 0) is 18.6 Å². The summed E-state index contributed by atoms with van der Waals surface area (Å²) in [6, 6.07) is 3.12. The van der Waals surface area contributed by atoms with Crippen LogP contribution in [0.1, 0.15) is 16.8 Å². The summed E-state index contributed by atoms with van der Waals surface area (Å²) in [5.74, 6) is -0.463. The van der Waals surface area contributed by atoms with Gasteiger partial charge in [0.1, 0.15) is 0 Å². The number of rotatable bonds is 2. The molecule has 3 heterocycles. The van der Waals surface area contributed by atoms with Crippen LogP contribution in [0.2, 0.25) is 5.02 Å². The molecule has 8 heteroatoms. The lowest BCUT2D eigenvalue weighted by Gasteiger charge is -2.33. The number of carbonyl (C=O) groups is 2. The summed E-state index contributed by atoms with van der Waals surface area (Å²) in [5.41, 5.74) is -0.557. The zero-order valence-corrected chi connectivity index (χ0v) is 13.5. The number of benzene rings is 1. The molecular formula is C16H16ClNO6. The van der Waals surface area contributed by atoms with Crippen LogP contribution in [0.5, 0.6) is 11.5 Å². The van der Waals surface area contributed by atoms with E-state index in [4.69, 9.17) is 25.8 Å². The van der Waals surface area contributed by atoms with E-state index in [2.05, 4.69) is 0 Å². The summed E-state index contributed by atoms with van der Waals surface area (Å²) in [7, 11) is 0. The van der Waals surface area contributed by atoms with Crippen molar-refractivity contribution >= 4 is 23.5 Å². The molecule has 7 nitrogen and oxygen atoms in total. The maximum Gasteiger partial charge on any atom is 0.311 e. The average Bonchev–Trinajstić information content (AvgIpc) is 3.19. The van der Waals surface area contributed by atoms with E-state index in [1.807, 2.05) is 0 Å². The van der Waals surface area contributed by atoms with E-state index in [0.717, 1.165) is 0 Å². The number of hydrogen-bond acceptors (Lipinski definition) is 5. The van der Waals surface area contributed by atoms with Crippen LogP contribution in [0.15, 0.2) is 12.1 Å². The highest BCUT2D eigenvalue weighted by molar-refractivity contribution is 6.32. The number of carboxylic acids is 1. The Morgan fingerprint density at radius 1 is 1.33 bits per heavy atom. The second kappa shape index (κ2) is 5.53. The number of fused-ring (bicyclic) bond motifs is 2. The Morgan fingerprint density at radius 2 is 2.17 bits per heavy atom. The van der Waals surface area contributed by atoms with Crippen LogP contribution in [0, 0.1) is 11.3 Å². The molecule has 2 saturated heterocycles. The van der Waals surface area contributed by atoms with Crippen molar-refractivity contribution in [3.05, 3.63) is 22.7 Å². The highest BCUT2D eigenvalue weighted by Crippen LogP contribution is 2.44. The molecule has 2 atom stereocenters. The Labute approximate surface area is 143 Å². The third kappa shape index (κ3) is 2.22. The molecule has 1 aromatic rings. The standard InChI is InChI=1S/C16H16ClNO6/c17-11-3-9(4-12-13(11)24-8-23-12)14(19)18-5-10-6-22-2-1-16(10,7-18)15(20)21/h3-4,10H,1-2,5-8H2,(H,20,21)/t10-,16+/m0/s1. The number of halogens is 1. The summed E-state index contributed by atoms with van der Waals surface area (Å²) < 4.78 is 15.9. The monoisotopic (exact) mass is 353 g/mol. The van der Waals surface area contributed by atoms with Crippen molar-refractivity contribution in [2.24, 2.45) is 11.3 Å². The van der Waals surface area contributed by atoms with Crippen LogP contribution in [0.3, 0.4) is 0 Å². The van der Waals surface area contributed by atoms with Gasteiger partial charge in [0.05, 0.1) is 17.0 Å². The SMILES string of the molecule is O=C(c1cc(Cl)c2c(c1)OCO2)N1C[C@H]2COCC[C@@]2(C(=O)O)C1.